The first-order chi connectivity index (χ1) is 6.13. The Morgan fingerprint density at radius 3 is 1.57 bits per heavy atom. The van der Waals surface area contributed by atoms with E-state index in [4.69, 9.17) is 10.2 Å². The van der Waals surface area contributed by atoms with Crippen LogP contribution in [0.2, 0.25) is 0 Å². The van der Waals surface area contributed by atoms with Gasteiger partial charge in [0.2, 0.25) is 0 Å². The van der Waals surface area contributed by atoms with Crippen LogP contribution in [0.5, 0.6) is 0 Å². The average molecular weight is 226 g/mol. The maximum Gasteiger partial charge on any atom is 0.303 e. The normalized spacial score (nSPS) is 9.14. The second kappa shape index (κ2) is 10.3. The summed E-state index contributed by atoms with van der Waals surface area (Å²) in [5, 5.41) is 19.5. The zero-order valence-corrected chi connectivity index (χ0v) is 8.68. The van der Waals surface area contributed by atoms with Gasteiger partial charge in [-0.05, 0) is 25.9 Å². The van der Waals surface area contributed by atoms with Gasteiger partial charge in [-0.1, -0.05) is 0 Å². The van der Waals surface area contributed by atoms with Crippen LogP contribution in [0.15, 0.2) is 0 Å². The first-order valence-corrected chi connectivity index (χ1v) is 4.27. The molecule has 0 saturated carbocycles. The third-order valence-electron chi connectivity index (χ3n) is 1.49. The van der Waals surface area contributed by atoms with Gasteiger partial charge in [-0.15, -0.1) is 12.4 Å². The fraction of sp³-hybridized carbons (Fsp3) is 0.750. The molecule has 0 rings (SSSR count). The van der Waals surface area contributed by atoms with Gasteiger partial charge in [0.25, 0.3) is 0 Å². The summed E-state index contributed by atoms with van der Waals surface area (Å²) in [6.45, 7) is 1.26. The second-order valence-corrected chi connectivity index (χ2v) is 2.74. The molecule has 5 nitrogen and oxygen atoms in total. The molecule has 0 aliphatic heterocycles. The van der Waals surface area contributed by atoms with E-state index in [1.807, 2.05) is 0 Å². The minimum atomic E-state index is -0.799. The van der Waals surface area contributed by atoms with Crippen LogP contribution in [0.25, 0.3) is 0 Å². The van der Waals surface area contributed by atoms with E-state index in [-0.39, 0.29) is 25.2 Å². The molecular formula is C8H16ClNO4. The van der Waals surface area contributed by atoms with Gasteiger partial charge >= 0.3 is 11.9 Å². The highest BCUT2D eigenvalue weighted by molar-refractivity contribution is 5.85. The van der Waals surface area contributed by atoms with Gasteiger partial charge in [0.05, 0.1) is 0 Å². The number of rotatable bonds is 8. The van der Waals surface area contributed by atoms with Gasteiger partial charge in [0.1, 0.15) is 0 Å². The number of carboxylic acids is 2. The van der Waals surface area contributed by atoms with Gasteiger partial charge in [0, 0.05) is 12.8 Å². The lowest BCUT2D eigenvalue weighted by molar-refractivity contribution is -0.138. The standard InChI is InChI=1S/C8H15NO4.ClH/c10-7(11)3-1-5-9-6-2-4-8(12)13;/h9H,1-6H2,(H,10,11)(H,12,13);1H. The average Bonchev–Trinajstić information content (AvgIpc) is 2.01. The molecule has 84 valence electrons. The van der Waals surface area contributed by atoms with E-state index in [9.17, 15) is 9.59 Å². The Morgan fingerprint density at radius 1 is 0.929 bits per heavy atom. The van der Waals surface area contributed by atoms with Gasteiger partial charge in [-0.2, -0.15) is 0 Å². The number of hydrogen-bond acceptors (Lipinski definition) is 3. The summed E-state index contributed by atoms with van der Waals surface area (Å²) >= 11 is 0. The maximum atomic E-state index is 10.1. The number of carbonyl (C=O) groups is 2. The summed E-state index contributed by atoms with van der Waals surface area (Å²) < 4.78 is 0. The predicted molar refractivity (Wildman–Crippen MR) is 53.9 cm³/mol. The van der Waals surface area contributed by atoms with E-state index in [0.717, 1.165) is 0 Å². The molecule has 3 N–H and O–H groups in total. The van der Waals surface area contributed by atoms with Crippen LogP contribution in [0.1, 0.15) is 25.7 Å². The zero-order valence-electron chi connectivity index (χ0n) is 7.86. The highest BCUT2D eigenvalue weighted by Crippen LogP contribution is 1.88. The minimum Gasteiger partial charge on any atom is -0.481 e. The summed E-state index contributed by atoms with van der Waals surface area (Å²) in [6.07, 6.45) is 1.49. The number of carboxylic acid groups (broad SMARTS) is 2. The van der Waals surface area contributed by atoms with Crippen LogP contribution in [0, 0.1) is 0 Å². The zero-order chi connectivity index (χ0) is 10.1. The molecule has 0 fully saturated rings. The van der Waals surface area contributed by atoms with Crippen LogP contribution in [-0.4, -0.2) is 35.2 Å². The fourth-order valence-corrected chi connectivity index (χ4v) is 0.854. The van der Waals surface area contributed by atoms with Crippen molar-refractivity contribution in [2.45, 2.75) is 25.7 Å². The third kappa shape index (κ3) is 13.8. The lowest BCUT2D eigenvalue weighted by Gasteiger charge is -2.01. The summed E-state index contributed by atoms with van der Waals surface area (Å²) in [5.41, 5.74) is 0. The SMILES string of the molecule is Cl.O=C(O)CCCNCCCC(=O)O. The Balaban J connectivity index is 0. The van der Waals surface area contributed by atoms with Gasteiger partial charge in [-0.3, -0.25) is 9.59 Å². The van der Waals surface area contributed by atoms with E-state index in [2.05, 4.69) is 5.32 Å². The molecule has 0 aliphatic rings. The molecule has 14 heavy (non-hydrogen) atoms. The second-order valence-electron chi connectivity index (χ2n) is 2.74. The number of nitrogens with one attached hydrogen (secondary N) is 1. The lowest BCUT2D eigenvalue weighted by Crippen LogP contribution is -2.18. The van der Waals surface area contributed by atoms with Crippen molar-refractivity contribution in [1.29, 1.82) is 0 Å². The first-order valence-electron chi connectivity index (χ1n) is 4.27. The first kappa shape index (κ1) is 15.7. The van der Waals surface area contributed by atoms with Crippen molar-refractivity contribution in [3.63, 3.8) is 0 Å². The summed E-state index contributed by atoms with van der Waals surface area (Å²) in [4.78, 5) is 20.1. The van der Waals surface area contributed by atoms with E-state index in [1.165, 1.54) is 0 Å². The molecule has 0 unspecified atom stereocenters. The Hall–Kier alpha value is -0.810. The van der Waals surface area contributed by atoms with Crippen LogP contribution < -0.4 is 5.32 Å². The van der Waals surface area contributed by atoms with Gasteiger partial charge in [0.15, 0.2) is 0 Å². The summed E-state index contributed by atoms with van der Waals surface area (Å²) in [6, 6.07) is 0. The van der Waals surface area contributed by atoms with Crippen LogP contribution in [-0.2, 0) is 9.59 Å². The van der Waals surface area contributed by atoms with E-state index >= 15 is 0 Å². The molecule has 0 heterocycles. The summed E-state index contributed by atoms with van der Waals surface area (Å²) in [5.74, 6) is -1.60. The molecule has 6 heteroatoms. The van der Waals surface area contributed by atoms with E-state index < -0.39 is 11.9 Å². The summed E-state index contributed by atoms with van der Waals surface area (Å²) in [7, 11) is 0. The smallest absolute Gasteiger partial charge is 0.303 e. The molecule has 0 aromatic rings. The topological polar surface area (TPSA) is 86.6 Å². The fourth-order valence-electron chi connectivity index (χ4n) is 0.854. The van der Waals surface area contributed by atoms with Crippen molar-refractivity contribution < 1.29 is 19.8 Å². The molecule has 0 bridgehead atoms. The molecule has 0 atom stereocenters. The van der Waals surface area contributed by atoms with E-state index in [0.29, 0.717) is 25.9 Å². The number of halogens is 1. The van der Waals surface area contributed by atoms with Crippen molar-refractivity contribution in [1.82, 2.24) is 5.32 Å². The molecule has 0 amide bonds. The molecule has 0 aliphatic carbocycles. The highest BCUT2D eigenvalue weighted by atomic mass is 35.5. The molecule has 0 aromatic carbocycles. The monoisotopic (exact) mass is 225 g/mol. The van der Waals surface area contributed by atoms with E-state index in [1.54, 1.807) is 0 Å². The van der Waals surface area contributed by atoms with Crippen LogP contribution in [0.4, 0.5) is 0 Å². The minimum absolute atomic E-state index is 0. The Labute approximate surface area is 88.9 Å². The third-order valence-corrected chi connectivity index (χ3v) is 1.49. The largest absolute Gasteiger partial charge is 0.481 e. The Kier molecular flexibility index (Phi) is 11.5. The van der Waals surface area contributed by atoms with Gasteiger partial charge < -0.3 is 15.5 Å². The van der Waals surface area contributed by atoms with Crippen molar-refractivity contribution >= 4 is 24.3 Å². The molecule has 0 spiro atoms. The van der Waals surface area contributed by atoms with Crippen molar-refractivity contribution in [2.75, 3.05) is 13.1 Å². The molecular weight excluding hydrogens is 210 g/mol. The molecule has 0 saturated heterocycles. The van der Waals surface area contributed by atoms with Gasteiger partial charge in [-0.25, -0.2) is 0 Å². The quantitative estimate of drug-likeness (QED) is 0.530. The maximum absolute atomic E-state index is 10.1. The lowest BCUT2D eigenvalue weighted by atomic mass is 10.3. The predicted octanol–water partition coefficient (Wildman–Crippen LogP) is 0.727. The van der Waals surface area contributed by atoms with Crippen LogP contribution in [0.3, 0.4) is 0 Å². The van der Waals surface area contributed by atoms with Crippen molar-refractivity contribution in [3.05, 3.63) is 0 Å². The molecule has 0 radical (unpaired) electrons. The number of hydrogen-bond donors (Lipinski definition) is 3. The molecule has 0 aromatic heterocycles. The van der Waals surface area contributed by atoms with Crippen LogP contribution >= 0.6 is 12.4 Å². The van der Waals surface area contributed by atoms with Crippen molar-refractivity contribution in [3.8, 4) is 0 Å². The highest BCUT2D eigenvalue weighted by Gasteiger charge is 1.97. The van der Waals surface area contributed by atoms with Crippen molar-refractivity contribution in [2.24, 2.45) is 0 Å². The number of aliphatic carboxylic acids is 2. The Morgan fingerprint density at radius 2 is 1.29 bits per heavy atom. The Bertz CT molecular complexity index is 157.